The van der Waals surface area contributed by atoms with Crippen LogP contribution in [0, 0.1) is 10.8 Å². The molecule has 0 spiro atoms. The minimum Gasteiger partial charge on any atom is -0.330 e. The molecule has 2 aliphatic rings. The number of hydrogen-bond donors (Lipinski definition) is 1. The maximum absolute atomic E-state index is 6.05. The zero-order valence-electron chi connectivity index (χ0n) is 11.8. The number of hydrogen-bond acceptors (Lipinski definition) is 2. The summed E-state index contributed by atoms with van der Waals surface area (Å²) in [6.07, 6.45) is 9.62. The van der Waals surface area contributed by atoms with Gasteiger partial charge in [-0.25, -0.2) is 0 Å². The quantitative estimate of drug-likeness (QED) is 0.798. The first kappa shape index (κ1) is 13.4. The van der Waals surface area contributed by atoms with Crippen molar-refractivity contribution in [2.75, 3.05) is 26.2 Å². The summed E-state index contributed by atoms with van der Waals surface area (Å²) in [5.74, 6) is 0. The molecule has 0 aromatic heterocycles. The third-order valence-corrected chi connectivity index (χ3v) is 5.67. The smallest absolute Gasteiger partial charge is 0.00503 e. The van der Waals surface area contributed by atoms with Crippen LogP contribution < -0.4 is 5.73 Å². The van der Waals surface area contributed by atoms with E-state index in [1.165, 1.54) is 64.6 Å². The van der Waals surface area contributed by atoms with Crippen LogP contribution in [0.1, 0.15) is 58.8 Å². The molecule has 0 aromatic carbocycles. The van der Waals surface area contributed by atoms with Gasteiger partial charge in [-0.1, -0.05) is 26.7 Å². The zero-order chi connectivity index (χ0) is 12.4. The topological polar surface area (TPSA) is 29.3 Å². The molecule has 2 heteroatoms. The molecule has 0 unspecified atom stereocenters. The normalized spacial score (nSPS) is 27.7. The standard InChI is InChI=1S/C15H30N2/c1-3-14(4-2)9-10-17(12-14)13-15(11-16)7-5-6-8-15/h3-13,16H2,1-2H3. The van der Waals surface area contributed by atoms with E-state index < -0.39 is 0 Å². The first-order valence-corrected chi connectivity index (χ1v) is 7.60. The van der Waals surface area contributed by atoms with Crippen LogP contribution in [0.15, 0.2) is 0 Å². The minimum absolute atomic E-state index is 0.470. The van der Waals surface area contributed by atoms with Gasteiger partial charge in [0.15, 0.2) is 0 Å². The Hall–Kier alpha value is -0.0800. The van der Waals surface area contributed by atoms with Crippen LogP contribution in [0.4, 0.5) is 0 Å². The van der Waals surface area contributed by atoms with Crippen LogP contribution in [-0.4, -0.2) is 31.1 Å². The lowest BCUT2D eigenvalue weighted by Gasteiger charge is -2.34. The van der Waals surface area contributed by atoms with Crippen molar-refractivity contribution in [2.24, 2.45) is 16.6 Å². The monoisotopic (exact) mass is 238 g/mol. The summed E-state index contributed by atoms with van der Waals surface area (Å²) < 4.78 is 0. The largest absolute Gasteiger partial charge is 0.330 e. The molecule has 0 bridgehead atoms. The van der Waals surface area contributed by atoms with Gasteiger partial charge in [-0.15, -0.1) is 0 Å². The van der Waals surface area contributed by atoms with Crippen molar-refractivity contribution in [3.8, 4) is 0 Å². The van der Waals surface area contributed by atoms with E-state index in [4.69, 9.17) is 5.73 Å². The molecule has 100 valence electrons. The molecule has 1 saturated carbocycles. The molecular formula is C15H30N2. The molecule has 0 atom stereocenters. The Morgan fingerprint density at radius 3 is 2.12 bits per heavy atom. The highest BCUT2D eigenvalue weighted by molar-refractivity contribution is 4.94. The Bertz CT molecular complexity index is 239. The minimum atomic E-state index is 0.470. The molecule has 2 rings (SSSR count). The first-order chi connectivity index (χ1) is 8.17. The Balaban J connectivity index is 1.92. The summed E-state index contributed by atoms with van der Waals surface area (Å²) in [6.45, 7) is 9.52. The van der Waals surface area contributed by atoms with Gasteiger partial charge < -0.3 is 10.6 Å². The predicted octanol–water partition coefficient (Wildman–Crippen LogP) is 3.02. The van der Waals surface area contributed by atoms with Crippen LogP contribution in [0.3, 0.4) is 0 Å². The maximum Gasteiger partial charge on any atom is 0.00503 e. The van der Waals surface area contributed by atoms with Gasteiger partial charge in [-0.05, 0) is 56.0 Å². The Morgan fingerprint density at radius 2 is 1.65 bits per heavy atom. The lowest BCUT2D eigenvalue weighted by atomic mass is 9.81. The van der Waals surface area contributed by atoms with E-state index in [-0.39, 0.29) is 0 Å². The van der Waals surface area contributed by atoms with Gasteiger partial charge in [0.05, 0.1) is 0 Å². The molecule has 1 saturated heterocycles. The highest BCUT2D eigenvalue weighted by atomic mass is 15.2. The van der Waals surface area contributed by atoms with Crippen LogP contribution in [0.25, 0.3) is 0 Å². The van der Waals surface area contributed by atoms with Crippen molar-refractivity contribution >= 4 is 0 Å². The van der Waals surface area contributed by atoms with Crippen molar-refractivity contribution in [1.82, 2.24) is 4.90 Å². The third kappa shape index (κ3) is 2.68. The van der Waals surface area contributed by atoms with Crippen molar-refractivity contribution in [1.29, 1.82) is 0 Å². The van der Waals surface area contributed by atoms with E-state index in [1.54, 1.807) is 0 Å². The van der Waals surface area contributed by atoms with Gasteiger partial charge >= 0.3 is 0 Å². The van der Waals surface area contributed by atoms with Gasteiger partial charge in [-0.3, -0.25) is 0 Å². The van der Waals surface area contributed by atoms with Crippen molar-refractivity contribution in [3.63, 3.8) is 0 Å². The van der Waals surface area contributed by atoms with Crippen molar-refractivity contribution in [3.05, 3.63) is 0 Å². The van der Waals surface area contributed by atoms with E-state index in [0.29, 0.717) is 10.8 Å². The van der Waals surface area contributed by atoms with Crippen LogP contribution in [0.2, 0.25) is 0 Å². The van der Waals surface area contributed by atoms with Gasteiger partial charge in [0.2, 0.25) is 0 Å². The molecule has 2 fully saturated rings. The highest BCUT2D eigenvalue weighted by Crippen LogP contribution is 2.42. The molecule has 1 aliphatic carbocycles. The van der Waals surface area contributed by atoms with E-state index in [2.05, 4.69) is 18.7 Å². The van der Waals surface area contributed by atoms with Crippen molar-refractivity contribution < 1.29 is 0 Å². The summed E-state index contributed by atoms with van der Waals surface area (Å²) >= 11 is 0. The third-order valence-electron chi connectivity index (χ3n) is 5.67. The molecule has 0 radical (unpaired) electrons. The summed E-state index contributed by atoms with van der Waals surface area (Å²) in [6, 6.07) is 0. The average molecular weight is 238 g/mol. The van der Waals surface area contributed by atoms with E-state index >= 15 is 0 Å². The Labute approximate surface area is 107 Å². The van der Waals surface area contributed by atoms with Gasteiger partial charge in [0.25, 0.3) is 0 Å². The van der Waals surface area contributed by atoms with Gasteiger partial charge in [-0.2, -0.15) is 0 Å². The molecule has 1 heterocycles. The summed E-state index contributed by atoms with van der Waals surface area (Å²) in [7, 11) is 0. The highest BCUT2D eigenvalue weighted by Gasteiger charge is 2.40. The van der Waals surface area contributed by atoms with Gasteiger partial charge in [0.1, 0.15) is 0 Å². The molecule has 2 nitrogen and oxygen atoms in total. The molecule has 0 aromatic rings. The first-order valence-electron chi connectivity index (χ1n) is 7.60. The maximum atomic E-state index is 6.05. The number of nitrogens with zero attached hydrogens (tertiary/aromatic N) is 1. The number of nitrogens with two attached hydrogens (primary N) is 1. The second-order valence-electron chi connectivity index (χ2n) is 6.58. The molecule has 17 heavy (non-hydrogen) atoms. The number of likely N-dealkylation sites (tertiary alicyclic amines) is 1. The lowest BCUT2D eigenvalue weighted by Crippen LogP contribution is -2.40. The predicted molar refractivity (Wildman–Crippen MR) is 74.0 cm³/mol. The Kier molecular flexibility index (Phi) is 4.14. The van der Waals surface area contributed by atoms with Crippen LogP contribution >= 0.6 is 0 Å². The summed E-state index contributed by atoms with van der Waals surface area (Å²) in [5, 5.41) is 0. The van der Waals surface area contributed by atoms with E-state index in [0.717, 1.165) is 6.54 Å². The SMILES string of the molecule is CCC1(CC)CCN(CC2(CN)CCCC2)C1. The number of rotatable bonds is 5. The second-order valence-corrected chi connectivity index (χ2v) is 6.58. The lowest BCUT2D eigenvalue weighted by molar-refractivity contribution is 0.161. The Morgan fingerprint density at radius 1 is 1.00 bits per heavy atom. The second kappa shape index (κ2) is 5.27. The van der Waals surface area contributed by atoms with Crippen LogP contribution in [0.5, 0.6) is 0 Å². The fraction of sp³-hybridized carbons (Fsp3) is 1.00. The zero-order valence-corrected chi connectivity index (χ0v) is 11.8. The van der Waals surface area contributed by atoms with E-state index in [9.17, 15) is 0 Å². The summed E-state index contributed by atoms with van der Waals surface area (Å²) in [5.41, 5.74) is 7.14. The fourth-order valence-corrected chi connectivity index (χ4v) is 4.02. The fourth-order valence-electron chi connectivity index (χ4n) is 4.02. The molecule has 0 amide bonds. The molecule has 1 aliphatic heterocycles. The van der Waals surface area contributed by atoms with Crippen molar-refractivity contribution in [2.45, 2.75) is 58.8 Å². The molecule has 2 N–H and O–H groups in total. The van der Waals surface area contributed by atoms with Gasteiger partial charge in [0, 0.05) is 13.1 Å². The van der Waals surface area contributed by atoms with Crippen LogP contribution in [-0.2, 0) is 0 Å². The average Bonchev–Trinajstić information content (AvgIpc) is 2.98. The molecular weight excluding hydrogens is 208 g/mol. The summed E-state index contributed by atoms with van der Waals surface area (Å²) in [4.78, 5) is 2.71. The van der Waals surface area contributed by atoms with E-state index in [1.807, 2.05) is 0 Å².